The van der Waals surface area contributed by atoms with Crippen molar-refractivity contribution in [1.29, 1.82) is 0 Å². The number of rotatable bonds is 7. The SMILES string of the molecule is CC(C)COC(=O)c1cccc(OC(=O)COc2c(Cl)cc(Cl)cc2Br)c1. The summed E-state index contributed by atoms with van der Waals surface area (Å²) < 4.78 is 16.3. The molecule has 0 aromatic heterocycles. The van der Waals surface area contributed by atoms with Crippen LogP contribution >= 0.6 is 39.1 Å². The lowest BCUT2D eigenvalue weighted by Gasteiger charge is -2.11. The average molecular weight is 476 g/mol. The molecule has 2 rings (SSSR count). The average Bonchev–Trinajstić information content (AvgIpc) is 2.58. The Morgan fingerprint density at radius 2 is 1.89 bits per heavy atom. The maximum atomic E-state index is 12.0. The highest BCUT2D eigenvalue weighted by atomic mass is 79.9. The fraction of sp³-hybridized carbons (Fsp3) is 0.263. The fourth-order valence-corrected chi connectivity index (χ4v) is 3.34. The van der Waals surface area contributed by atoms with Gasteiger partial charge in [0.25, 0.3) is 0 Å². The van der Waals surface area contributed by atoms with E-state index < -0.39 is 11.9 Å². The van der Waals surface area contributed by atoms with Gasteiger partial charge in [0, 0.05) is 5.02 Å². The molecule has 0 saturated carbocycles. The molecule has 0 aliphatic heterocycles. The van der Waals surface area contributed by atoms with Crippen LogP contribution < -0.4 is 9.47 Å². The van der Waals surface area contributed by atoms with Crippen LogP contribution in [0.3, 0.4) is 0 Å². The molecule has 2 aromatic carbocycles. The number of esters is 2. The maximum absolute atomic E-state index is 12.0. The van der Waals surface area contributed by atoms with E-state index in [0.717, 1.165) is 0 Å². The molecule has 8 heteroatoms. The molecule has 0 fully saturated rings. The molecule has 0 bridgehead atoms. The largest absolute Gasteiger partial charge is 0.479 e. The summed E-state index contributed by atoms with van der Waals surface area (Å²) in [6.45, 7) is 3.82. The zero-order chi connectivity index (χ0) is 20.0. The van der Waals surface area contributed by atoms with E-state index in [0.29, 0.717) is 21.7 Å². The quantitative estimate of drug-likeness (QED) is 0.388. The minimum absolute atomic E-state index is 0.212. The number of ether oxygens (including phenoxy) is 3. The number of carbonyl (C=O) groups excluding carboxylic acids is 2. The van der Waals surface area contributed by atoms with E-state index in [4.69, 9.17) is 37.4 Å². The first-order valence-electron chi connectivity index (χ1n) is 8.01. The topological polar surface area (TPSA) is 61.8 Å². The summed E-state index contributed by atoms with van der Waals surface area (Å²) >= 11 is 15.2. The molecule has 0 radical (unpaired) electrons. The summed E-state index contributed by atoms with van der Waals surface area (Å²) in [7, 11) is 0. The first-order chi connectivity index (χ1) is 12.8. The molecule has 2 aromatic rings. The van der Waals surface area contributed by atoms with Crippen molar-refractivity contribution in [2.75, 3.05) is 13.2 Å². The van der Waals surface area contributed by atoms with Gasteiger partial charge in [-0.2, -0.15) is 0 Å². The Bertz CT molecular complexity index is 816. The standard InChI is InChI=1S/C19H17BrCl2O5/c1-11(2)9-26-19(24)12-4-3-5-14(6-12)27-17(23)10-25-18-15(20)7-13(21)8-16(18)22/h3-8,11H,9-10H2,1-2H3. The molecule has 0 spiro atoms. The second-order valence-electron chi connectivity index (χ2n) is 5.98. The van der Waals surface area contributed by atoms with Gasteiger partial charge in [-0.1, -0.05) is 43.1 Å². The van der Waals surface area contributed by atoms with Crippen LogP contribution in [0, 0.1) is 5.92 Å². The van der Waals surface area contributed by atoms with Gasteiger partial charge in [-0.3, -0.25) is 0 Å². The van der Waals surface area contributed by atoms with Crippen molar-refractivity contribution in [3.05, 3.63) is 56.5 Å². The molecule has 27 heavy (non-hydrogen) atoms. The van der Waals surface area contributed by atoms with Crippen molar-refractivity contribution in [2.24, 2.45) is 5.92 Å². The summed E-state index contributed by atoms with van der Waals surface area (Å²) in [5.74, 6) is -0.408. The summed E-state index contributed by atoms with van der Waals surface area (Å²) in [4.78, 5) is 24.0. The van der Waals surface area contributed by atoms with Crippen LogP contribution in [0.15, 0.2) is 40.9 Å². The first-order valence-corrected chi connectivity index (χ1v) is 9.56. The third kappa shape index (κ3) is 6.72. The van der Waals surface area contributed by atoms with Gasteiger partial charge in [0.2, 0.25) is 0 Å². The Morgan fingerprint density at radius 1 is 1.15 bits per heavy atom. The van der Waals surface area contributed by atoms with Crippen LogP contribution in [-0.4, -0.2) is 25.2 Å². The van der Waals surface area contributed by atoms with Gasteiger partial charge in [0.1, 0.15) is 5.75 Å². The number of hydrogen-bond acceptors (Lipinski definition) is 5. The molecule has 0 unspecified atom stereocenters. The Hall–Kier alpha value is -1.76. The van der Waals surface area contributed by atoms with E-state index in [-0.39, 0.29) is 29.0 Å². The van der Waals surface area contributed by atoms with Crippen molar-refractivity contribution >= 4 is 51.1 Å². The van der Waals surface area contributed by atoms with E-state index in [1.807, 2.05) is 13.8 Å². The number of hydrogen-bond donors (Lipinski definition) is 0. The van der Waals surface area contributed by atoms with E-state index >= 15 is 0 Å². The molecule has 0 N–H and O–H groups in total. The van der Waals surface area contributed by atoms with Gasteiger partial charge in [-0.25, -0.2) is 9.59 Å². The normalized spacial score (nSPS) is 10.6. The van der Waals surface area contributed by atoms with E-state index in [2.05, 4.69) is 15.9 Å². The van der Waals surface area contributed by atoms with Crippen molar-refractivity contribution in [3.8, 4) is 11.5 Å². The summed E-state index contributed by atoms with van der Waals surface area (Å²) in [5.41, 5.74) is 0.297. The van der Waals surface area contributed by atoms with Gasteiger partial charge >= 0.3 is 11.9 Å². The van der Waals surface area contributed by atoms with Gasteiger partial charge in [-0.05, 0) is 52.2 Å². The van der Waals surface area contributed by atoms with Crippen molar-refractivity contribution < 1.29 is 23.8 Å². The zero-order valence-corrected chi connectivity index (χ0v) is 17.7. The second kappa shape index (κ2) is 9.97. The molecule has 0 aliphatic carbocycles. The molecule has 0 atom stereocenters. The van der Waals surface area contributed by atoms with Crippen LogP contribution in [0.1, 0.15) is 24.2 Å². The smallest absolute Gasteiger partial charge is 0.349 e. The van der Waals surface area contributed by atoms with Crippen molar-refractivity contribution in [1.82, 2.24) is 0 Å². The van der Waals surface area contributed by atoms with Crippen LogP contribution in [0.2, 0.25) is 10.0 Å². The van der Waals surface area contributed by atoms with E-state index in [1.54, 1.807) is 24.3 Å². The lowest BCUT2D eigenvalue weighted by atomic mass is 10.2. The Labute approximate surface area is 175 Å². The molecular weight excluding hydrogens is 459 g/mol. The maximum Gasteiger partial charge on any atom is 0.349 e. The molecule has 0 amide bonds. The van der Waals surface area contributed by atoms with Crippen LogP contribution in [0.25, 0.3) is 0 Å². The lowest BCUT2D eigenvalue weighted by Crippen LogP contribution is -2.18. The van der Waals surface area contributed by atoms with Crippen molar-refractivity contribution in [2.45, 2.75) is 13.8 Å². The third-order valence-electron chi connectivity index (χ3n) is 3.15. The third-order valence-corrected chi connectivity index (χ3v) is 4.23. The highest BCUT2D eigenvalue weighted by Crippen LogP contribution is 2.36. The molecule has 0 aliphatic rings. The highest BCUT2D eigenvalue weighted by molar-refractivity contribution is 9.10. The predicted molar refractivity (Wildman–Crippen MR) is 107 cm³/mol. The van der Waals surface area contributed by atoms with Crippen molar-refractivity contribution in [3.63, 3.8) is 0 Å². The fourth-order valence-electron chi connectivity index (χ4n) is 1.97. The van der Waals surface area contributed by atoms with Crippen LogP contribution in [-0.2, 0) is 9.53 Å². The predicted octanol–water partition coefficient (Wildman–Crippen LogP) is 5.55. The monoisotopic (exact) mass is 474 g/mol. The number of carbonyl (C=O) groups is 2. The van der Waals surface area contributed by atoms with Gasteiger partial charge in [-0.15, -0.1) is 0 Å². The Kier molecular flexibility index (Phi) is 7.95. The Balaban J connectivity index is 1.96. The molecule has 144 valence electrons. The zero-order valence-electron chi connectivity index (χ0n) is 14.6. The highest BCUT2D eigenvalue weighted by Gasteiger charge is 2.14. The molecular formula is C19H17BrCl2O5. The first kappa shape index (κ1) is 21.5. The number of benzene rings is 2. The van der Waals surface area contributed by atoms with Crippen LogP contribution in [0.5, 0.6) is 11.5 Å². The van der Waals surface area contributed by atoms with E-state index in [1.165, 1.54) is 12.1 Å². The minimum Gasteiger partial charge on any atom is -0.479 e. The summed E-state index contributed by atoms with van der Waals surface area (Å²) in [6, 6.07) is 9.28. The summed E-state index contributed by atoms with van der Waals surface area (Å²) in [5, 5.41) is 0.694. The van der Waals surface area contributed by atoms with E-state index in [9.17, 15) is 9.59 Å². The van der Waals surface area contributed by atoms with Gasteiger partial charge in [0.15, 0.2) is 12.4 Å². The molecule has 0 saturated heterocycles. The lowest BCUT2D eigenvalue weighted by molar-refractivity contribution is -0.136. The van der Waals surface area contributed by atoms with Gasteiger partial charge < -0.3 is 14.2 Å². The van der Waals surface area contributed by atoms with Gasteiger partial charge in [0.05, 0.1) is 21.7 Å². The summed E-state index contributed by atoms with van der Waals surface area (Å²) in [6.07, 6.45) is 0. The van der Waals surface area contributed by atoms with Crippen LogP contribution in [0.4, 0.5) is 0 Å². The second-order valence-corrected chi connectivity index (χ2v) is 7.68. The molecule has 0 heterocycles. The number of halogens is 3. The Morgan fingerprint density at radius 3 is 2.56 bits per heavy atom. The molecule has 5 nitrogen and oxygen atoms in total. The minimum atomic E-state index is -0.652.